The molecule has 0 radical (unpaired) electrons. The van der Waals surface area contributed by atoms with Gasteiger partial charge in [-0.05, 0) is 161 Å². The maximum Gasteiger partial charge on any atom is 0.178 e. The lowest BCUT2D eigenvalue weighted by molar-refractivity contribution is 0.371. The number of benzene rings is 8. The zero-order valence-electron chi connectivity index (χ0n) is 33.3. The molecule has 14 rings (SSSR count). The number of para-hydroxylation sites is 4. The van der Waals surface area contributed by atoms with E-state index in [4.69, 9.17) is 4.74 Å². The van der Waals surface area contributed by atoms with Crippen molar-refractivity contribution < 1.29 is 4.74 Å². The minimum atomic E-state index is 0.411. The fraction of sp³-hybridized carbons (Fsp3) is 0.143. The second-order valence-electron chi connectivity index (χ2n) is 17.5. The van der Waals surface area contributed by atoms with Crippen LogP contribution in [0.25, 0.3) is 38.5 Å². The lowest BCUT2D eigenvalue weighted by Crippen LogP contribution is -2.24. The van der Waals surface area contributed by atoms with Crippen LogP contribution in [0.5, 0.6) is 11.5 Å². The Hall–Kier alpha value is -7.04. The van der Waals surface area contributed by atoms with Gasteiger partial charge in [-0.3, -0.25) is 9.47 Å². The molecule has 4 heteroatoms. The van der Waals surface area contributed by atoms with E-state index in [0.29, 0.717) is 5.41 Å². The molecule has 0 spiro atoms. The fourth-order valence-electron chi connectivity index (χ4n) is 11.9. The Balaban J connectivity index is 0.924. The van der Waals surface area contributed by atoms with Gasteiger partial charge in [0.15, 0.2) is 17.3 Å². The van der Waals surface area contributed by atoms with Gasteiger partial charge in [0.05, 0.1) is 11.2 Å². The Kier molecular flexibility index (Phi) is 7.33. The highest BCUT2D eigenvalue weighted by Crippen LogP contribution is 2.70. The highest BCUT2D eigenvalue weighted by atomic mass is 16.5. The Morgan fingerprint density at radius 2 is 1.13 bits per heavy atom. The molecular weight excluding hydrogens is 731 g/mol. The maximum atomic E-state index is 6.78. The summed E-state index contributed by atoms with van der Waals surface area (Å²) >= 11 is 0. The molecule has 4 aliphatic carbocycles. The lowest BCUT2D eigenvalue weighted by atomic mass is 9.75. The second kappa shape index (κ2) is 13.0. The molecule has 4 nitrogen and oxygen atoms in total. The molecule has 9 aromatic rings. The summed E-state index contributed by atoms with van der Waals surface area (Å²) in [6.45, 7) is 0. The summed E-state index contributed by atoms with van der Waals surface area (Å²) in [6, 6.07) is 70.7. The smallest absolute Gasteiger partial charge is 0.178 e. The SMILES string of the molecule is c1ccc(-c2ccc(N(c3ccc(C45CC6CC4CC6C5)cc3)c3ccc4cc(N5c6ccccc6Oc6c5n(-c5ccccc5)c5ccccc65)ccc4c3)cc2)cc1. The normalized spacial score (nSPS) is 20.7. The zero-order chi connectivity index (χ0) is 39.4. The van der Waals surface area contributed by atoms with E-state index in [1.165, 1.54) is 53.3 Å². The van der Waals surface area contributed by atoms with Crippen LogP contribution in [0, 0.1) is 17.8 Å². The number of aromatic nitrogens is 1. The molecule has 1 aliphatic heterocycles. The molecule has 8 aromatic carbocycles. The minimum absolute atomic E-state index is 0.411. The third-order valence-corrected chi connectivity index (χ3v) is 14.5. The first-order valence-corrected chi connectivity index (χ1v) is 21.5. The van der Waals surface area contributed by atoms with E-state index in [0.717, 1.165) is 74.4 Å². The van der Waals surface area contributed by atoms with Crippen LogP contribution < -0.4 is 14.5 Å². The van der Waals surface area contributed by atoms with E-state index in [2.05, 4.69) is 208 Å². The van der Waals surface area contributed by atoms with Gasteiger partial charge in [0.2, 0.25) is 0 Å². The summed E-state index contributed by atoms with van der Waals surface area (Å²) < 4.78 is 9.11. The number of hydrogen-bond acceptors (Lipinski definition) is 3. The Labute approximate surface area is 350 Å². The molecule has 2 heterocycles. The van der Waals surface area contributed by atoms with Crippen LogP contribution in [-0.4, -0.2) is 4.57 Å². The van der Waals surface area contributed by atoms with Gasteiger partial charge in [0, 0.05) is 33.8 Å². The molecule has 0 N–H and O–H groups in total. The highest BCUT2D eigenvalue weighted by Gasteiger charge is 2.63. The van der Waals surface area contributed by atoms with Gasteiger partial charge < -0.3 is 9.64 Å². The standard InChI is InChI=1S/C56H43N3O/c1-3-11-37(12-4-1)38-19-25-46(26-20-38)57(47-29-23-43(24-30-47)56-35-41-31-44(56)32-42(41)36-56)48-27-21-40-34-49(28-22-39(40)33-48)59-52-17-9-10-18-53(52)60-54-50-15-7-8-16-51(50)58(55(54)59)45-13-5-2-6-14-45/h1-30,33-34,41-42,44H,31-32,35-36H2. The van der Waals surface area contributed by atoms with E-state index >= 15 is 0 Å². The summed E-state index contributed by atoms with van der Waals surface area (Å²) in [5.41, 5.74) is 12.2. The zero-order valence-corrected chi connectivity index (χ0v) is 33.3. The molecule has 0 saturated heterocycles. The fourth-order valence-corrected chi connectivity index (χ4v) is 11.9. The summed E-state index contributed by atoms with van der Waals surface area (Å²) in [5, 5.41) is 3.44. The molecule has 2 unspecified atom stereocenters. The molecule has 0 amide bonds. The Morgan fingerprint density at radius 3 is 1.88 bits per heavy atom. The van der Waals surface area contributed by atoms with Gasteiger partial charge in [-0.25, -0.2) is 0 Å². The molecular formula is C56H43N3O. The Bertz CT molecular complexity index is 3080. The maximum absolute atomic E-state index is 6.78. The van der Waals surface area contributed by atoms with Crippen molar-refractivity contribution in [2.75, 3.05) is 9.80 Å². The predicted molar refractivity (Wildman–Crippen MR) is 246 cm³/mol. The molecule has 4 saturated carbocycles. The number of hydrogen-bond donors (Lipinski definition) is 0. The molecule has 60 heavy (non-hydrogen) atoms. The number of anilines is 6. The van der Waals surface area contributed by atoms with Gasteiger partial charge in [-0.15, -0.1) is 0 Å². The van der Waals surface area contributed by atoms with Crippen molar-refractivity contribution in [3.05, 3.63) is 200 Å². The number of rotatable bonds is 7. The van der Waals surface area contributed by atoms with Crippen molar-refractivity contribution in [1.82, 2.24) is 4.57 Å². The highest BCUT2D eigenvalue weighted by molar-refractivity contribution is 6.02. The van der Waals surface area contributed by atoms with Gasteiger partial charge in [-0.1, -0.05) is 109 Å². The van der Waals surface area contributed by atoms with Crippen LogP contribution in [0.1, 0.15) is 31.2 Å². The van der Waals surface area contributed by atoms with Gasteiger partial charge in [0.25, 0.3) is 0 Å². The summed E-state index contributed by atoms with van der Waals surface area (Å²) in [5.74, 6) is 5.50. The lowest BCUT2D eigenvalue weighted by Gasteiger charge is -2.33. The van der Waals surface area contributed by atoms with Crippen LogP contribution in [-0.2, 0) is 5.41 Å². The Morgan fingerprint density at radius 1 is 0.517 bits per heavy atom. The molecule has 4 bridgehead atoms. The average Bonchev–Trinajstić information content (AvgIpc) is 4.13. The third-order valence-electron chi connectivity index (χ3n) is 14.5. The van der Waals surface area contributed by atoms with E-state index in [1.807, 2.05) is 0 Å². The van der Waals surface area contributed by atoms with Crippen LogP contribution in [0.3, 0.4) is 0 Å². The molecule has 5 aliphatic rings. The van der Waals surface area contributed by atoms with Crippen molar-refractivity contribution in [2.45, 2.75) is 31.1 Å². The largest absolute Gasteiger partial charge is 0.451 e. The van der Waals surface area contributed by atoms with E-state index in [1.54, 1.807) is 5.56 Å². The average molecular weight is 774 g/mol. The summed E-state index contributed by atoms with van der Waals surface area (Å²) in [4.78, 5) is 4.80. The predicted octanol–water partition coefficient (Wildman–Crippen LogP) is 15.2. The quantitative estimate of drug-likeness (QED) is 0.161. The molecule has 2 atom stereocenters. The van der Waals surface area contributed by atoms with Crippen LogP contribution >= 0.6 is 0 Å². The monoisotopic (exact) mass is 773 g/mol. The first-order chi connectivity index (χ1) is 29.7. The van der Waals surface area contributed by atoms with Gasteiger partial charge >= 0.3 is 0 Å². The number of ether oxygens (including phenoxy) is 1. The third kappa shape index (κ3) is 5.03. The first-order valence-electron chi connectivity index (χ1n) is 21.5. The van der Waals surface area contributed by atoms with Gasteiger partial charge in [-0.2, -0.15) is 0 Å². The van der Waals surface area contributed by atoms with Crippen molar-refractivity contribution in [2.24, 2.45) is 17.8 Å². The van der Waals surface area contributed by atoms with E-state index in [-0.39, 0.29) is 0 Å². The van der Waals surface area contributed by atoms with Crippen LogP contribution in [0.15, 0.2) is 194 Å². The van der Waals surface area contributed by atoms with Crippen molar-refractivity contribution in [3.63, 3.8) is 0 Å². The van der Waals surface area contributed by atoms with E-state index < -0.39 is 0 Å². The molecule has 288 valence electrons. The molecule has 4 fully saturated rings. The topological polar surface area (TPSA) is 20.6 Å². The van der Waals surface area contributed by atoms with Crippen molar-refractivity contribution in [1.29, 1.82) is 0 Å². The van der Waals surface area contributed by atoms with Crippen LogP contribution in [0.2, 0.25) is 0 Å². The number of fused-ring (bicyclic) bond motifs is 5. The van der Waals surface area contributed by atoms with Crippen molar-refractivity contribution >= 4 is 55.9 Å². The van der Waals surface area contributed by atoms with Crippen LogP contribution in [0.4, 0.5) is 34.3 Å². The number of nitrogens with zero attached hydrogens (tertiary/aromatic N) is 3. The van der Waals surface area contributed by atoms with E-state index in [9.17, 15) is 0 Å². The minimum Gasteiger partial charge on any atom is -0.451 e. The van der Waals surface area contributed by atoms with Crippen molar-refractivity contribution in [3.8, 4) is 28.3 Å². The first kappa shape index (κ1) is 33.9. The summed E-state index contributed by atoms with van der Waals surface area (Å²) in [7, 11) is 0. The van der Waals surface area contributed by atoms with Gasteiger partial charge in [0.1, 0.15) is 0 Å². The summed E-state index contributed by atoms with van der Waals surface area (Å²) in [6.07, 6.45) is 5.68. The molecule has 1 aromatic heterocycles. The second-order valence-corrected chi connectivity index (χ2v) is 17.5.